The zero-order valence-corrected chi connectivity index (χ0v) is 32.4. The molecule has 3 heterocycles. The van der Waals surface area contributed by atoms with Crippen molar-refractivity contribution in [1.82, 2.24) is 19.8 Å². The number of fused-ring (bicyclic) bond motifs is 6. The third-order valence-electron chi connectivity index (χ3n) is 11.7. The molecule has 5 heteroatoms. The van der Waals surface area contributed by atoms with Gasteiger partial charge >= 0.3 is 0 Å². The second kappa shape index (κ2) is 13.8. The van der Waals surface area contributed by atoms with Crippen molar-refractivity contribution in [2.24, 2.45) is 4.99 Å². The number of aromatic nitrogens is 2. The van der Waals surface area contributed by atoms with Crippen LogP contribution < -0.4 is 10.6 Å². The maximum atomic E-state index is 5.10. The first kappa shape index (κ1) is 34.1. The van der Waals surface area contributed by atoms with Gasteiger partial charge in [-0.2, -0.15) is 0 Å². The Kier molecular flexibility index (Phi) is 8.09. The van der Waals surface area contributed by atoms with Gasteiger partial charge in [0.1, 0.15) is 18.2 Å². The summed E-state index contributed by atoms with van der Waals surface area (Å²) in [5, 5.41) is 12.5. The third kappa shape index (κ3) is 5.70. The maximum absolute atomic E-state index is 5.10. The van der Waals surface area contributed by atoms with Gasteiger partial charge in [0.25, 0.3) is 0 Å². The molecule has 278 valence electrons. The van der Waals surface area contributed by atoms with Gasteiger partial charge in [0.15, 0.2) is 0 Å². The van der Waals surface area contributed by atoms with Crippen molar-refractivity contribution in [1.29, 1.82) is 0 Å². The lowest BCUT2D eigenvalue weighted by Gasteiger charge is -2.32. The minimum Gasteiger partial charge on any atom is -0.350 e. The topological polar surface area (TPSA) is 46.3 Å². The molecule has 1 aliphatic rings. The molecular weight excluding hydrogens is 707 g/mol. The Morgan fingerprint density at radius 2 is 1.03 bits per heavy atom. The molecular formula is C53H41N5. The van der Waals surface area contributed by atoms with Crippen molar-refractivity contribution in [2.75, 3.05) is 0 Å². The molecule has 2 N–H and O–H groups in total. The largest absolute Gasteiger partial charge is 0.350 e. The zero-order chi connectivity index (χ0) is 38.7. The normalized spacial score (nSPS) is 15.6. The molecule has 10 aromatic rings. The van der Waals surface area contributed by atoms with Gasteiger partial charge in [0.05, 0.1) is 22.1 Å². The molecule has 0 saturated carbocycles. The monoisotopic (exact) mass is 747 g/mol. The number of rotatable bonds is 6. The number of hydrogen-bond donors (Lipinski definition) is 2. The molecule has 0 saturated heterocycles. The van der Waals surface area contributed by atoms with Crippen LogP contribution in [0.15, 0.2) is 193 Å². The molecule has 2 atom stereocenters. The predicted molar refractivity (Wildman–Crippen MR) is 241 cm³/mol. The Hall–Kier alpha value is -7.21. The van der Waals surface area contributed by atoms with Crippen molar-refractivity contribution in [3.8, 4) is 22.5 Å². The summed E-state index contributed by atoms with van der Waals surface area (Å²) in [6, 6.07) is 67.8. The summed E-state index contributed by atoms with van der Waals surface area (Å²) in [7, 11) is 0. The van der Waals surface area contributed by atoms with E-state index in [1.807, 2.05) is 12.1 Å². The summed E-state index contributed by atoms with van der Waals surface area (Å²) in [5.74, 6) is 0.882. The van der Waals surface area contributed by atoms with Crippen LogP contribution in [0.5, 0.6) is 0 Å². The summed E-state index contributed by atoms with van der Waals surface area (Å²) in [5.41, 5.74) is 15.4. The maximum Gasteiger partial charge on any atom is 0.131 e. The minimum atomic E-state index is -0.178. The molecule has 11 rings (SSSR count). The van der Waals surface area contributed by atoms with E-state index in [1.54, 1.807) is 0 Å². The molecule has 5 nitrogen and oxygen atoms in total. The zero-order valence-electron chi connectivity index (χ0n) is 32.4. The second-order valence-electron chi connectivity index (χ2n) is 15.5. The number of hydrogen-bond acceptors (Lipinski definition) is 3. The highest BCUT2D eigenvalue weighted by molar-refractivity contribution is 6.13. The van der Waals surface area contributed by atoms with Crippen LogP contribution in [-0.4, -0.2) is 15.0 Å². The molecule has 2 aromatic heterocycles. The van der Waals surface area contributed by atoms with E-state index >= 15 is 0 Å². The fourth-order valence-electron chi connectivity index (χ4n) is 9.08. The molecule has 1 aliphatic heterocycles. The average molecular weight is 748 g/mol. The van der Waals surface area contributed by atoms with E-state index in [9.17, 15) is 0 Å². The molecule has 0 bridgehead atoms. The van der Waals surface area contributed by atoms with Crippen LogP contribution in [0.25, 0.3) is 66.1 Å². The number of nitrogens with one attached hydrogen (secondary N) is 2. The lowest BCUT2D eigenvalue weighted by molar-refractivity contribution is 0.409. The van der Waals surface area contributed by atoms with Crippen LogP contribution in [0.3, 0.4) is 0 Å². The Morgan fingerprint density at radius 1 is 0.448 bits per heavy atom. The standard InChI is InChI=1S/C53H41N5/c1-34-30-35(2)50-46(31-34)45-33-40(39-24-28-48-44(32-39)43-20-12-13-21-47(43)57(48)41-18-10-5-11-19-41)25-29-49(45)58(50)42-26-22-38(23-27-42)53-55-51(36-14-6-3-7-15-36)54-52(56-53)37-16-8-4-9-17-37/h3-33,51,53,55H,1-2H3,(H,54,56). The first-order valence-electron chi connectivity index (χ1n) is 20.0. The van der Waals surface area contributed by atoms with Crippen molar-refractivity contribution in [2.45, 2.75) is 26.2 Å². The van der Waals surface area contributed by atoms with Gasteiger partial charge in [-0.15, -0.1) is 0 Å². The second-order valence-corrected chi connectivity index (χ2v) is 15.5. The smallest absolute Gasteiger partial charge is 0.131 e. The molecule has 0 radical (unpaired) electrons. The lowest BCUT2D eigenvalue weighted by Crippen LogP contribution is -2.44. The highest BCUT2D eigenvalue weighted by atomic mass is 15.3. The van der Waals surface area contributed by atoms with E-state index in [2.05, 4.69) is 210 Å². The molecule has 0 fully saturated rings. The van der Waals surface area contributed by atoms with Gasteiger partial charge < -0.3 is 14.5 Å². The van der Waals surface area contributed by atoms with Gasteiger partial charge in [0, 0.05) is 38.5 Å². The van der Waals surface area contributed by atoms with Gasteiger partial charge in [0.2, 0.25) is 0 Å². The molecule has 0 amide bonds. The Labute approximate surface area is 337 Å². The fourth-order valence-corrected chi connectivity index (χ4v) is 9.08. The summed E-state index contributed by atoms with van der Waals surface area (Å²) < 4.78 is 4.81. The van der Waals surface area contributed by atoms with Crippen molar-refractivity contribution >= 4 is 49.4 Å². The SMILES string of the molecule is Cc1cc(C)c2c(c1)c1cc(-c3ccc4c(c3)c3ccccc3n4-c3ccccc3)ccc1n2-c1ccc(C2NC(c3ccccc3)=NC(c3ccccc3)N2)cc1. The summed E-state index contributed by atoms with van der Waals surface area (Å²) in [4.78, 5) is 5.10. The number of benzene rings is 8. The van der Waals surface area contributed by atoms with Crippen LogP contribution in [0, 0.1) is 13.8 Å². The van der Waals surface area contributed by atoms with Gasteiger partial charge in [-0.3, -0.25) is 5.32 Å². The highest BCUT2D eigenvalue weighted by Gasteiger charge is 2.26. The van der Waals surface area contributed by atoms with E-state index in [1.165, 1.54) is 71.6 Å². The van der Waals surface area contributed by atoms with E-state index in [4.69, 9.17) is 4.99 Å². The van der Waals surface area contributed by atoms with Gasteiger partial charge in [-0.25, -0.2) is 4.99 Å². The summed E-state index contributed by atoms with van der Waals surface area (Å²) in [6.45, 7) is 4.44. The lowest BCUT2D eigenvalue weighted by atomic mass is 10.00. The molecule has 58 heavy (non-hydrogen) atoms. The Balaban J connectivity index is 0.997. The number of nitrogens with zero attached hydrogens (tertiary/aromatic N) is 3. The average Bonchev–Trinajstić information content (AvgIpc) is 3.79. The minimum absolute atomic E-state index is 0.129. The predicted octanol–water partition coefficient (Wildman–Crippen LogP) is 12.5. The molecule has 0 aliphatic carbocycles. The van der Waals surface area contributed by atoms with Crippen LogP contribution in [0.2, 0.25) is 0 Å². The third-order valence-corrected chi connectivity index (χ3v) is 11.7. The molecule has 8 aromatic carbocycles. The Morgan fingerprint density at radius 3 is 1.76 bits per heavy atom. The summed E-state index contributed by atoms with van der Waals surface area (Å²) in [6.07, 6.45) is -0.306. The van der Waals surface area contributed by atoms with Crippen molar-refractivity contribution < 1.29 is 0 Å². The van der Waals surface area contributed by atoms with Gasteiger partial charge in [-0.05, 0) is 102 Å². The summed E-state index contributed by atoms with van der Waals surface area (Å²) >= 11 is 0. The first-order chi connectivity index (χ1) is 28.6. The van der Waals surface area contributed by atoms with E-state index < -0.39 is 0 Å². The van der Waals surface area contributed by atoms with Crippen LogP contribution in [0.1, 0.15) is 40.1 Å². The first-order valence-corrected chi connectivity index (χ1v) is 20.0. The number of aryl methyl sites for hydroxylation is 2. The number of para-hydroxylation sites is 2. The van der Waals surface area contributed by atoms with Crippen LogP contribution in [0.4, 0.5) is 0 Å². The number of aliphatic imine (C=N–C) groups is 1. The van der Waals surface area contributed by atoms with Crippen molar-refractivity contribution in [3.63, 3.8) is 0 Å². The molecule has 2 unspecified atom stereocenters. The Bertz CT molecular complexity index is 3180. The van der Waals surface area contributed by atoms with E-state index in [0.29, 0.717) is 0 Å². The van der Waals surface area contributed by atoms with Crippen molar-refractivity contribution in [3.05, 3.63) is 216 Å². The highest BCUT2D eigenvalue weighted by Crippen LogP contribution is 2.39. The quantitative estimate of drug-likeness (QED) is 0.178. The fraction of sp³-hybridized carbons (Fsp3) is 0.0755. The van der Waals surface area contributed by atoms with E-state index in [-0.39, 0.29) is 12.3 Å². The molecule has 0 spiro atoms. The number of amidine groups is 1. The van der Waals surface area contributed by atoms with Gasteiger partial charge in [-0.1, -0.05) is 133 Å². The van der Waals surface area contributed by atoms with Crippen LogP contribution in [-0.2, 0) is 0 Å². The van der Waals surface area contributed by atoms with Crippen LogP contribution >= 0.6 is 0 Å². The van der Waals surface area contributed by atoms with E-state index in [0.717, 1.165) is 28.2 Å².